The largest absolute Gasteiger partial charge is 0.336 e. The van der Waals surface area contributed by atoms with E-state index in [0.29, 0.717) is 26.2 Å². The van der Waals surface area contributed by atoms with Crippen LogP contribution in [-0.4, -0.2) is 48.4 Å². The van der Waals surface area contributed by atoms with Crippen molar-refractivity contribution in [1.29, 1.82) is 0 Å². The Morgan fingerprint density at radius 2 is 1.69 bits per heavy atom. The van der Waals surface area contributed by atoms with Crippen LogP contribution in [0.25, 0.3) is 6.08 Å². The molecule has 2 aromatic carbocycles. The summed E-state index contributed by atoms with van der Waals surface area (Å²) in [5, 5.41) is -0.0675. The minimum absolute atomic E-state index is 0.00277. The molecule has 3 rings (SSSR count). The van der Waals surface area contributed by atoms with Crippen LogP contribution in [0.3, 0.4) is 0 Å². The lowest BCUT2D eigenvalue weighted by molar-refractivity contribution is 0.0650. The second-order valence-corrected chi connectivity index (χ2v) is 6.56. The van der Waals surface area contributed by atoms with Crippen molar-refractivity contribution in [2.45, 2.75) is 0 Å². The number of nitrogens with zero attached hydrogens (tertiary/aromatic N) is 2. The van der Waals surface area contributed by atoms with Crippen molar-refractivity contribution in [1.82, 2.24) is 9.80 Å². The van der Waals surface area contributed by atoms with Gasteiger partial charge >= 0.3 is 0 Å². The van der Waals surface area contributed by atoms with Crippen LogP contribution in [-0.2, 0) is 0 Å². The molecule has 0 aliphatic carbocycles. The van der Waals surface area contributed by atoms with Gasteiger partial charge in [0.05, 0.1) is 10.6 Å². The number of carbonyl (C=O) groups excluding carboxylic acids is 1. The summed E-state index contributed by atoms with van der Waals surface area (Å²) in [7, 11) is 0. The van der Waals surface area contributed by atoms with Crippen molar-refractivity contribution in [3.63, 3.8) is 0 Å². The first-order valence-electron chi connectivity index (χ1n) is 8.42. The molecule has 1 aliphatic heterocycles. The van der Waals surface area contributed by atoms with Crippen molar-refractivity contribution in [2.24, 2.45) is 0 Å². The molecule has 0 spiro atoms. The highest BCUT2D eigenvalue weighted by Gasteiger charge is 2.24. The standard InChI is InChI=1S/C20H19ClF2N2O/c21-17-14-19(23)18(22)13-16(17)20(26)25-11-9-24(10-12-25)8-4-7-15-5-2-1-3-6-15/h1-7,13-14H,8-12H2. The number of piperazine rings is 1. The fourth-order valence-electron chi connectivity index (χ4n) is 2.89. The summed E-state index contributed by atoms with van der Waals surface area (Å²) in [4.78, 5) is 16.4. The lowest BCUT2D eigenvalue weighted by Gasteiger charge is -2.34. The van der Waals surface area contributed by atoms with Gasteiger partial charge in [0.25, 0.3) is 5.91 Å². The van der Waals surface area contributed by atoms with Gasteiger partial charge in [-0.3, -0.25) is 9.69 Å². The number of hydrogen-bond donors (Lipinski definition) is 0. The van der Waals surface area contributed by atoms with Gasteiger partial charge in [-0.15, -0.1) is 0 Å². The van der Waals surface area contributed by atoms with Crippen molar-refractivity contribution in [3.05, 3.63) is 76.3 Å². The fourth-order valence-corrected chi connectivity index (χ4v) is 3.12. The number of carbonyl (C=O) groups is 1. The Kier molecular flexibility index (Phi) is 6.01. The molecular formula is C20H19ClF2N2O. The number of amides is 1. The Balaban J connectivity index is 1.54. The van der Waals surface area contributed by atoms with Gasteiger partial charge in [-0.05, 0) is 17.7 Å². The molecule has 2 aromatic rings. The van der Waals surface area contributed by atoms with Crippen molar-refractivity contribution < 1.29 is 13.6 Å². The summed E-state index contributed by atoms with van der Waals surface area (Å²) in [6.45, 7) is 3.27. The minimum atomic E-state index is -1.07. The molecule has 136 valence electrons. The van der Waals surface area contributed by atoms with E-state index < -0.39 is 11.6 Å². The highest BCUT2D eigenvalue weighted by Crippen LogP contribution is 2.22. The average molecular weight is 377 g/mol. The molecule has 26 heavy (non-hydrogen) atoms. The van der Waals surface area contributed by atoms with Crippen LogP contribution >= 0.6 is 11.6 Å². The second kappa shape index (κ2) is 8.43. The zero-order valence-corrected chi connectivity index (χ0v) is 14.9. The Hall–Kier alpha value is -2.24. The van der Waals surface area contributed by atoms with Crippen molar-refractivity contribution >= 4 is 23.6 Å². The second-order valence-electron chi connectivity index (χ2n) is 6.15. The molecule has 1 saturated heterocycles. The topological polar surface area (TPSA) is 23.6 Å². The quantitative estimate of drug-likeness (QED) is 0.750. The molecule has 1 fully saturated rings. The van der Waals surface area contributed by atoms with E-state index in [4.69, 9.17) is 11.6 Å². The van der Waals surface area contributed by atoms with E-state index in [2.05, 4.69) is 17.1 Å². The number of hydrogen-bond acceptors (Lipinski definition) is 2. The van der Waals surface area contributed by atoms with Crippen LogP contribution in [0.2, 0.25) is 5.02 Å². The van der Waals surface area contributed by atoms with Gasteiger partial charge < -0.3 is 4.90 Å². The molecule has 0 unspecified atom stereocenters. The molecule has 3 nitrogen and oxygen atoms in total. The molecule has 1 aliphatic rings. The first-order chi connectivity index (χ1) is 12.5. The maximum absolute atomic E-state index is 13.4. The third kappa shape index (κ3) is 4.48. The van der Waals surface area contributed by atoms with Crippen LogP contribution in [0, 0.1) is 11.6 Å². The molecule has 1 amide bonds. The molecule has 6 heteroatoms. The minimum Gasteiger partial charge on any atom is -0.336 e. The molecule has 0 saturated carbocycles. The Bertz CT molecular complexity index is 803. The predicted molar refractivity (Wildman–Crippen MR) is 99.2 cm³/mol. The SMILES string of the molecule is O=C(c1cc(F)c(F)cc1Cl)N1CCN(CC=Cc2ccccc2)CC1. The van der Waals surface area contributed by atoms with E-state index in [1.54, 1.807) is 4.90 Å². The number of benzene rings is 2. The van der Waals surface area contributed by atoms with E-state index in [1.165, 1.54) is 0 Å². The van der Waals surface area contributed by atoms with E-state index in [9.17, 15) is 13.6 Å². The smallest absolute Gasteiger partial charge is 0.255 e. The van der Waals surface area contributed by atoms with Gasteiger partial charge in [0, 0.05) is 32.7 Å². The Morgan fingerprint density at radius 3 is 2.38 bits per heavy atom. The lowest BCUT2D eigenvalue weighted by atomic mass is 10.1. The zero-order valence-electron chi connectivity index (χ0n) is 14.2. The molecule has 0 bridgehead atoms. The van der Waals surface area contributed by atoms with Crippen LogP contribution < -0.4 is 0 Å². The van der Waals surface area contributed by atoms with Crippen LogP contribution in [0.5, 0.6) is 0 Å². The molecule has 1 heterocycles. The first-order valence-corrected chi connectivity index (χ1v) is 8.80. The highest BCUT2D eigenvalue weighted by atomic mass is 35.5. The predicted octanol–water partition coefficient (Wildman–Crippen LogP) is 4.09. The van der Waals surface area contributed by atoms with E-state index >= 15 is 0 Å². The highest BCUT2D eigenvalue weighted by molar-refractivity contribution is 6.33. The van der Waals surface area contributed by atoms with Gasteiger partial charge in [-0.2, -0.15) is 0 Å². The molecule has 0 N–H and O–H groups in total. The summed E-state index contributed by atoms with van der Waals surface area (Å²) in [5.74, 6) is -2.49. The average Bonchev–Trinajstić information content (AvgIpc) is 2.66. The first kappa shape index (κ1) is 18.5. The van der Waals surface area contributed by atoms with Gasteiger partial charge in [-0.1, -0.05) is 54.1 Å². The molecule has 0 radical (unpaired) electrons. The lowest BCUT2D eigenvalue weighted by Crippen LogP contribution is -2.48. The number of halogens is 3. The Labute approximate surface area is 156 Å². The third-order valence-corrected chi connectivity index (χ3v) is 4.69. The van der Waals surface area contributed by atoms with Crippen molar-refractivity contribution in [3.8, 4) is 0 Å². The maximum atomic E-state index is 13.4. The van der Waals surface area contributed by atoms with Crippen LogP contribution in [0.4, 0.5) is 8.78 Å². The summed E-state index contributed by atoms with van der Waals surface area (Å²) in [6, 6.07) is 11.8. The van der Waals surface area contributed by atoms with Crippen LogP contribution in [0.1, 0.15) is 15.9 Å². The maximum Gasteiger partial charge on any atom is 0.255 e. The summed E-state index contributed by atoms with van der Waals surface area (Å²) >= 11 is 5.90. The zero-order chi connectivity index (χ0) is 18.5. The Morgan fingerprint density at radius 1 is 1.04 bits per heavy atom. The van der Waals surface area contributed by atoms with Gasteiger partial charge in [0.15, 0.2) is 11.6 Å². The van der Waals surface area contributed by atoms with E-state index in [1.807, 2.05) is 30.3 Å². The molecule has 0 atom stereocenters. The van der Waals surface area contributed by atoms with Gasteiger partial charge in [-0.25, -0.2) is 8.78 Å². The summed E-state index contributed by atoms with van der Waals surface area (Å²) < 4.78 is 26.6. The molecular weight excluding hydrogens is 358 g/mol. The van der Waals surface area contributed by atoms with E-state index in [-0.39, 0.29) is 16.5 Å². The van der Waals surface area contributed by atoms with Gasteiger partial charge in [0.1, 0.15) is 0 Å². The third-order valence-electron chi connectivity index (χ3n) is 4.37. The summed E-state index contributed by atoms with van der Waals surface area (Å²) in [5.41, 5.74) is 1.15. The monoisotopic (exact) mass is 376 g/mol. The summed E-state index contributed by atoms with van der Waals surface area (Å²) in [6.07, 6.45) is 4.16. The van der Waals surface area contributed by atoms with Crippen LogP contribution in [0.15, 0.2) is 48.5 Å². The fraction of sp³-hybridized carbons (Fsp3) is 0.250. The normalized spacial score (nSPS) is 15.6. The van der Waals surface area contributed by atoms with E-state index in [0.717, 1.165) is 24.2 Å². The van der Waals surface area contributed by atoms with Gasteiger partial charge in [0.2, 0.25) is 0 Å². The molecule has 0 aromatic heterocycles. The number of rotatable bonds is 4. The van der Waals surface area contributed by atoms with Crippen molar-refractivity contribution in [2.75, 3.05) is 32.7 Å².